The zero-order valence-corrected chi connectivity index (χ0v) is 16.5. The number of ether oxygens (including phenoxy) is 1. The molecule has 0 unspecified atom stereocenters. The van der Waals surface area contributed by atoms with E-state index in [1.807, 2.05) is 44.2 Å². The third-order valence-electron chi connectivity index (χ3n) is 6.23. The van der Waals surface area contributed by atoms with Gasteiger partial charge in [0, 0.05) is 6.42 Å². The number of aromatic nitrogens is 2. The molecule has 0 radical (unpaired) electrons. The van der Waals surface area contributed by atoms with Crippen LogP contribution in [0.4, 0.5) is 5.69 Å². The minimum Gasteiger partial charge on any atom is -0.456 e. The Morgan fingerprint density at radius 2 is 1.96 bits per heavy atom. The first kappa shape index (κ1) is 18.7. The van der Waals surface area contributed by atoms with Gasteiger partial charge in [0.05, 0.1) is 22.8 Å². The topological polar surface area (TPSA) is 73.2 Å². The fourth-order valence-corrected chi connectivity index (χ4v) is 4.87. The summed E-state index contributed by atoms with van der Waals surface area (Å²) in [5.74, 6) is 1.34. The summed E-state index contributed by atoms with van der Waals surface area (Å²) in [7, 11) is 0. The van der Waals surface area contributed by atoms with Crippen molar-refractivity contribution in [1.82, 2.24) is 9.78 Å². The number of fused-ring (bicyclic) bond motifs is 2. The Kier molecular flexibility index (Phi) is 5.20. The summed E-state index contributed by atoms with van der Waals surface area (Å²) in [4.78, 5) is 24.4. The van der Waals surface area contributed by atoms with Crippen molar-refractivity contribution in [3.8, 4) is 5.69 Å². The van der Waals surface area contributed by atoms with E-state index < -0.39 is 0 Å². The van der Waals surface area contributed by atoms with E-state index >= 15 is 0 Å². The zero-order chi connectivity index (χ0) is 19.7. The van der Waals surface area contributed by atoms with Crippen molar-refractivity contribution in [2.24, 2.45) is 17.8 Å². The number of nitrogens with one attached hydrogen (secondary N) is 1. The number of hydrogen-bond acceptors (Lipinski definition) is 4. The molecule has 3 atom stereocenters. The van der Waals surface area contributed by atoms with Gasteiger partial charge in [0.2, 0.25) is 0 Å². The SMILES string of the molecule is Cc1nn(-c2ccccc2)c(C)c1NC(=O)COC(=O)C[C@@H]1C[C@@H]2CC[C@@H]1C2. The van der Waals surface area contributed by atoms with Gasteiger partial charge in [0.25, 0.3) is 5.91 Å². The van der Waals surface area contributed by atoms with Crippen LogP contribution in [0.1, 0.15) is 43.5 Å². The quantitative estimate of drug-likeness (QED) is 0.773. The van der Waals surface area contributed by atoms with Crippen LogP contribution in [0.5, 0.6) is 0 Å². The van der Waals surface area contributed by atoms with Gasteiger partial charge >= 0.3 is 5.97 Å². The Morgan fingerprint density at radius 1 is 1.18 bits per heavy atom. The van der Waals surface area contributed by atoms with E-state index in [2.05, 4.69) is 10.4 Å². The number of benzene rings is 1. The maximum atomic E-state index is 12.3. The van der Waals surface area contributed by atoms with E-state index in [1.54, 1.807) is 4.68 Å². The molecule has 2 fully saturated rings. The van der Waals surface area contributed by atoms with Crippen LogP contribution in [-0.2, 0) is 14.3 Å². The molecule has 28 heavy (non-hydrogen) atoms. The maximum Gasteiger partial charge on any atom is 0.306 e. The largest absolute Gasteiger partial charge is 0.456 e. The van der Waals surface area contributed by atoms with Gasteiger partial charge in [-0.25, -0.2) is 4.68 Å². The van der Waals surface area contributed by atoms with Crippen molar-refractivity contribution in [3.63, 3.8) is 0 Å². The number of esters is 1. The summed E-state index contributed by atoms with van der Waals surface area (Å²) >= 11 is 0. The van der Waals surface area contributed by atoms with Crippen LogP contribution < -0.4 is 5.32 Å². The van der Waals surface area contributed by atoms with Gasteiger partial charge in [-0.1, -0.05) is 24.6 Å². The van der Waals surface area contributed by atoms with Crippen molar-refractivity contribution >= 4 is 17.6 Å². The molecule has 2 aliphatic carbocycles. The van der Waals surface area contributed by atoms with Crippen LogP contribution in [0.15, 0.2) is 30.3 Å². The molecule has 1 amide bonds. The van der Waals surface area contributed by atoms with Crippen LogP contribution in [0.2, 0.25) is 0 Å². The average molecular weight is 381 g/mol. The van der Waals surface area contributed by atoms with Crippen molar-refractivity contribution in [3.05, 3.63) is 41.7 Å². The van der Waals surface area contributed by atoms with E-state index in [1.165, 1.54) is 19.3 Å². The molecule has 2 aromatic rings. The lowest BCUT2D eigenvalue weighted by molar-refractivity contribution is -0.148. The van der Waals surface area contributed by atoms with Crippen molar-refractivity contribution in [2.45, 2.75) is 46.0 Å². The van der Waals surface area contributed by atoms with Gasteiger partial charge in [0.15, 0.2) is 6.61 Å². The molecule has 1 heterocycles. The summed E-state index contributed by atoms with van der Waals surface area (Å²) in [6.45, 7) is 3.50. The van der Waals surface area contributed by atoms with Gasteiger partial charge in [-0.3, -0.25) is 9.59 Å². The first-order valence-electron chi connectivity index (χ1n) is 10.1. The molecule has 1 N–H and O–H groups in total. The second-order valence-electron chi connectivity index (χ2n) is 8.14. The molecule has 6 nitrogen and oxygen atoms in total. The lowest BCUT2D eigenvalue weighted by atomic mass is 9.86. The maximum absolute atomic E-state index is 12.3. The minimum atomic E-state index is -0.333. The van der Waals surface area contributed by atoms with E-state index in [0.717, 1.165) is 29.4 Å². The van der Waals surface area contributed by atoms with Crippen molar-refractivity contribution in [1.29, 1.82) is 0 Å². The molecule has 1 aromatic carbocycles. The van der Waals surface area contributed by atoms with Gasteiger partial charge in [-0.15, -0.1) is 0 Å². The Balaban J connectivity index is 1.31. The number of carbonyl (C=O) groups excluding carboxylic acids is 2. The van der Waals surface area contributed by atoms with E-state index in [4.69, 9.17) is 4.74 Å². The molecule has 0 aliphatic heterocycles. The van der Waals surface area contributed by atoms with Crippen LogP contribution in [0, 0.1) is 31.6 Å². The molecule has 0 saturated heterocycles. The first-order chi connectivity index (χ1) is 13.5. The lowest BCUT2D eigenvalue weighted by Crippen LogP contribution is -2.23. The molecule has 2 bridgehead atoms. The lowest BCUT2D eigenvalue weighted by Gasteiger charge is -2.20. The number of para-hydroxylation sites is 1. The normalized spacial score (nSPS) is 23.0. The standard InChI is InChI=1S/C22H27N3O3/c1-14-22(15(2)25(24-14)19-6-4-3-5-7-19)23-20(26)13-28-21(27)12-18-11-16-8-9-17(18)10-16/h3-7,16-18H,8-13H2,1-2H3,(H,23,26)/t16-,17-,18+/m1/s1. The molecular formula is C22H27N3O3. The smallest absolute Gasteiger partial charge is 0.306 e. The van der Waals surface area contributed by atoms with Crippen LogP contribution in [0.25, 0.3) is 5.69 Å². The molecular weight excluding hydrogens is 354 g/mol. The predicted octanol–water partition coefficient (Wildman–Crippen LogP) is 3.80. The molecule has 148 valence electrons. The third-order valence-corrected chi connectivity index (χ3v) is 6.23. The Hall–Kier alpha value is -2.63. The molecule has 6 heteroatoms. The molecule has 4 rings (SSSR count). The number of nitrogens with zero attached hydrogens (tertiary/aromatic N) is 2. The summed E-state index contributed by atoms with van der Waals surface area (Å²) in [6.07, 6.45) is 5.41. The Labute approximate surface area is 165 Å². The monoisotopic (exact) mass is 381 g/mol. The number of carbonyl (C=O) groups is 2. The number of rotatable bonds is 6. The second-order valence-corrected chi connectivity index (χ2v) is 8.14. The summed E-state index contributed by atoms with van der Waals surface area (Å²) in [5, 5.41) is 7.36. The zero-order valence-electron chi connectivity index (χ0n) is 16.5. The van der Waals surface area contributed by atoms with Crippen LogP contribution >= 0.6 is 0 Å². The Bertz CT molecular complexity index is 875. The van der Waals surface area contributed by atoms with Gasteiger partial charge in [0.1, 0.15) is 0 Å². The fraction of sp³-hybridized carbons (Fsp3) is 0.500. The highest BCUT2D eigenvalue weighted by Gasteiger charge is 2.40. The molecule has 0 spiro atoms. The van der Waals surface area contributed by atoms with Crippen LogP contribution in [0.3, 0.4) is 0 Å². The summed E-state index contributed by atoms with van der Waals surface area (Å²) < 4.78 is 7.04. The van der Waals surface area contributed by atoms with Crippen LogP contribution in [-0.4, -0.2) is 28.3 Å². The summed E-state index contributed by atoms with van der Waals surface area (Å²) in [5.41, 5.74) is 3.16. The molecule has 2 saturated carbocycles. The van der Waals surface area contributed by atoms with E-state index in [-0.39, 0.29) is 18.5 Å². The number of aryl methyl sites for hydroxylation is 1. The second kappa shape index (κ2) is 7.78. The van der Waals surface area contributed by atoms with E-state index in [0.29, 0.717) is 23.9 Å². The van der Waals surface area contributed by atoms with Crippen molar-refractivity contribution < 1.29 is 14.3 Å². The first-order valence-corrected chi connectivity index (χ1v) is 10.1. The highest BCUT2D eigenvalue weighted by Crippen LogP contribution is 2.49. The molecule has 1 aromatic heterocycles. The van der Waals surface area contributed by atoms with E-state index in [9.17, 15) is 9.59 Å². The Morgan fingerprint density at radius 3 is 2.64 bits per heavy atom. The van der Waals surface area contributed by atoms with Gasteiger partial charge in [-0.05, 0) is 63.0 Å². The fourth-order valence-electron chi connectivity index (χ4n) is 4.87. The number of amides is 1. The molecule has 2 aliphatic rings. The average Bonchev–Trinajstić information content (AvgIpc) is 3.38. The van der Waals surface area contributed by atoms with Gasteiger partial charge in [-0.2, -0.15) is 5.10 Å². The van der Waals surface area contributed by atoms with Gasteiger partial charge < -0.3 is 10.1 Å². The van der Waals surface area contributed by atoms with Crippen molar-refractivity contribution in [2.75, 3.05) is 11.9 Å². The minimum absolute atomic E-state index is 0.255. The highest BCUT2D eigenvalue weighted by atomic mass is 16.5. The number of anilines is 1. The number of hydrogen-bond donors (Lipinski definition) is 1. The third kappa shape index (κ3) is 3.81. The highest BCUT2D eigenvalue weighted by molar-refractivity contribution is 5.93. The summed E-state index contributed by atoms with van der Waals surface area (Å²) in [6, 6.07) is 9.76. The predicted molar refractivity (Wildman–Crippen MR) is 106 cm³/mol.